The van der Waals surface area contributed by atoms with Crippen molar-refractivity contribution >= 4 is 17.4 Å². The third-order valence-corrected chi connectivity index (χ3v) is 4.14. The summed E-state index contributed by atoms with van der Waals surface area (Å²) in [4.78, 5) is 20.7. The highest BCUT2D eigenvalue weighted by Crippen LogP contribution is 2.20. The Hall–Kier alpha value is -2.94. The van der Waals surface area contributed by atoms with E-state index in [2.05, 4.69) is 20.6 Å². The Morgan fingerprint density at radius 2 is 1.92 bits per heavy atom. The monoisotopic (exact) mass is 321 g/mol. The molecule has 24 heavy (non-hydrogen) atoms. The van der Waals surface area contributed by atoms with Crippen molar-refractivity contribution in [1.29, 1.82) is 5.26 Å². The lowest BCUT2D eigenvalue weighted by molar-refractivity contribution is 0.102. The summed E-state index contributed by atoms with van der Waals surface area (Å²) in [6.07, 6.45) is 9.11. The molecule has 1 aliphatic carbocycles. The molecule has 1 aromatic carbocycles. The number of carbonyl (C=O) groups is 1. The number of amides is 1. The summed E-state index contributed by atoms with van der Waals surface area (Å²) in [6, 6.07) is 9.33. The first-order valence-electron chi connectivity index (χ1n) is 8.15. The SMILES string of the molecule is N#Cc1ccccc1NC(=O)c1cnc(NC2CCCCC2)cn1. The topological polar surface area (TPSA) is 90.7 Å². The maximum absolute atomic E-state index is 12.2. The maximum Gasteiger partial charge on any atom is 0.275 e. The van der Waals surface area contributed by atoms with Crippen LogP contribution in [0.1, 0.15) is 48.2 Å². The summed E-state index contributed by atoms with van der Waals surface area (Å²) in [5, 5.41) is 15.1. The predicted molar refractivity (Wildman–Crippen MR) is 91.6 cm³/mol. The number of hydrogen-bond acceptors (Lipinski definition) is 5. The van der Waals surface area contributed by atoms with Crippen LogP contribution < -0.4 is 10.6 Å². The zero-order valence-corrected chi connectivity index (χ0v) is 13.3. The Balaban J connectivity index is 1.64. The molecule has 1 aromatic heterocycles. The minimum absolute atomic E-state index is 0.219. The van der Waals surface area contributed by atoms with Crippen molar-refractivity contribution in [3.63, 3.8) is 0 Å². The quantitative estimate of drug-likeness (QED) is 0.901. The molecule has 2 aromatic rings. The number of benzene rings is 1. The highest BCUT2D eigenvalue weighted by Gasteiger charge is 2.15. The average Bonchev–Trinajstić information content (AvgIpc) is 2.63. The Morgan fingerprint density at radius 1 is 1.12 bits per heavy atom. The van der Waals surface area contributed by atoms with Crippen LogP contribution in [0.3, 0.4) is 0 Å². The molecule has 0 spiro atoms. The molecule has 0 atom stereocenters. The van der Waals surface area contributed by atoms with Gasteiger partial charge in [-0.05, 0) is 25.0 Å². The zero-order valence-electron chi connectivity index (χ0n) is 13.3. The van der Waals surface area contributed by atoms with Crippen LogP contribution >= 0.6 is 0 Å². The molecule has 0 unspecified atom stereocenters. The normalized spacial score (nSPS) is 14.6. The van der Waals surface area contributed by atoms with Gasteiger partial charge >= 0.3 is 0 Å². The largest absolute Gasteiger partial charge is 0.366 e. The molecule has 1 saturated carbocycles. The number of aromatic nitrogens is 2. The van der Waals surface area contributed by atoms with Gasteiger partial charge in [0.05, 0.1) is 23.6 Å². The van der Waals surface area contributed by atoms with Crippen molar-refractivity contribution in [1.82, 2.24) is 9.97 Å². The fourth-order valence-electron chi connectivity index (χ4n) is 2.85. The van der Waals surface area contributed by atoms with Gasteiger partial charge < -0.3 is 10.6 Å². The molecule has 1 amide bonds. The molecule has 2 N–H and O–H groups in total. The second-order valence-electron chi connectivity index (χ2n) is 5.88. The van der Waals surface area contributed by atoms with E-state index >= 15 is 0 Å². The van der Waals surface area contributed by atoms with Crippen molar-refractivity contribution in [3.8, 4) is 6.07 Å². The number of anilines is 2. The van der Waals surface area contributed by atoms with E-state index in [-0.39, 0.29) is 11.6 Å². The molecular formula is C18H19N5O. The summed E-state index contributed by atoms with van der Waals surface area (Å²) in [5.74, 6) is 0.310. The average molecular weight is 321 g/mol. The predicted octanol–water partition coefficient (Wildman–Crippen LogP) is 3.35. The number of hydrogen-bond donors (Lipinski definition) is 2. The third kappa shape index (κ3) is 3.87. The van der Waals surface area contributed by atoms with Gasteiger partial charge in [-0.15, -0.1) is 0 Å². The summed E-state index contributed by atoms with van der Waals surface area (Å²) in [7, 11) is 0. The van der Waals surface area contributed by atoms with Crippen molar-refractivity contribution in [3.05, 3.63) is 47.9 Å². The van der Waals surface area contributed by atoms with Crippen molar-refractivity contribution in [2.24, 2.45) is 0 Å². The van der Waals surface area contributed by atoms with E-state index < -0.39 is 0 Å². The lowest BCUT2D eigenvalue weighted by Crippen LogP contribution is -2.23. The highest BCUT2D eigenvalue weighted by atomic mass is 16.1. The number of carbonyl (C=O) groups excluding carboxylic acids is 1. The zero-order chi connectivity index (χ0) is 16.8. The van der Waals surface area contributed by atoms with Gasteiger partial charge in [0.25, 0.3) is 5.91 Å². The van der Waals surface area contributed by atoms with E-state index in [4.69, 9.17) is 5.26 Å². The number of nitrogens with zero attached hydrogens (tertiary/aromatic N) is 3. The van der Waals surface area contributed by atoms with Gasteiger partial charge in [-0.3, -0.25) is 4.79 Å². The van der Waals surface area contributed by atoms with Crippen LogP contribution in [0, 0.1) is 11.3 Å². The molecule has 0 saturated heterocycles. The van der Waals surface area contributed by atoms with E-state index in [0.717, 1.165) is 12.8 Å². The maximum atomic E-state index is 12.2. The summed E-state index contributed by atoms with van der Waals surface area (Å²) in [6.45, 7) is 0. The fourth-order valence-corrected chi connectivity index (χ4v) is 2.85. The Labute approximate surface area is 140 Å². The van der Waals surface area contributed by atoms with Crippen LogP contribution in [0.5, 0.6) is 0 Å². The fraction of sp³-hybridized carbons (Fsp3) is 0.333. The summed E-state index contributed by atoms with van der Waals surface area (Å²) in [5.41, 5.74) is 1.10. The van der Waals surface area contributed by atoms with Crippen LogP contribution in [0.15, 0.2) is 36.7 Å². The van der Waals surface area contributed by atoms with E-state index in [1.54, 1.807) is 30.5 Å². The van der Waals surface area contributed by atoms with Crippen LogP contribution in [-0.2, 0) is 0 Å². The Morgan fingerprint density at radius 3 is 2.62 bits per heavy atom. The minimum Gasteiger partial charge on any atom is -0.366 e. The molecule has 0 bridgehead atoms. The number of nitrogens with one attached hydrogen (secondary N) is 2. The van der Waals surface area contributed by atoms with Gasteiger partial charge in [0.1, 0.15) is 17.6 Å². The van der Waals surface area contributed by atoms with Crippen LogP contribution in [0.25, 0.3) is 0 Å². The molecule has 1 heterocycles. The van der Waals surface area contributed by atoms with Gasteiger partial charge in [-0.1, -0.05) is 31.4 Å². The Kier molecular flexibility index (Phi) is 5.02. The lowest BCUT2D eigenvalue weighted by Gasteiger charge is -2.23. The molecule has 122 valence electrons. The smallest absolute Gasteiger partial charge is 0.275 e. The van der Waals surface area contributed by atoms with Gasteiger partial charge in [-0.2, -0.15) is 5.26 Å². The van der Waals surface area contributed by atoms with Crippen LogP contribution in [-0.4, -0.2) is 21.9 Å². The van der Waals surface area contributed by atoms with E-state index in [1.807, 2.05) is 6.07 Å². The first kappa shape index (κ1) is 15.9. The minimum atomic E-state index is -0.380. The van der Waals surface area contributed by atoms with Gasteiger partial charge in [-0.25, -0.2) is 9.97 Å². The van der Waals surface area contributed by atoms with E-state index in [1.165, 1.54) is 25.5 Å². The summed E-state index contributed by atoms with van der Waals surface area (Å²) >= 11 is 0. The van der Waals surface area contributed by atoms with Crippen molar-refractivity contribution in [2.75, 3.05) is 10.6 Å². The standard InChI is InChI=1S/C18H19N5O/c19-10-13-6-4-5-9-15(13)23-18(24)16-11-21-17(12-20-16)22-14-7-2-1-3-8-14/h4-6,9,11-12,14H,1-3,7-8H2,(H,21,22)(H,23,24). The molecular weight excluding hydrogens is 302 g/mol. The molecule has 1 aliphatic rings. The highest BCUT2D eigenvalue weighted by molar-refractivity contribution is 6.03. The first-order valence-corrected chi connectivity index (χ1v) is 8.15. The molecule has 6 nitrogen and oxygen atoms in total. The second-order valence-corrected chi connectivity index (χ2v) is 5.88. The van der Waals surface area contributed by atoms with Crippen molar-refractivity contribution in [2.45, 2.75) is 38.1 Å². The third-order valence-electron chi connectivity index (χ3n) is 4.14. The van der Waals surface area contributed by atoms with Gasteiger partial charge in [0.15, 0.2) is 0 Å². The van der Waals surface area contributed by atoms with Crippen LogP contribution in [0.2, 0.25) is 0 Å². The molecule has 1 fully saturated rings. The molecule has 0 aliphatic heterocycles. The second kappa shape index (κ2) is 7.55. The number of nitriles is 1. The lowest BCUT2D eigenvalue weighted by atomic mass is 9.96. The van der Waals surface area contributed by atoms with Gasteiger partial charge in [0.2, 0.25) is 0 Å². The summed E-state index contributed by atoms with van der Waals surface area (Å²) < 4.78 is 0. The van der Waals surface area contributed by atoms with E-state index in [0.29, 0.717) is 23.1 Å². The molecule has 0 radical (unpaired) electrons. The van der Waals surface area contributed by atoms with E-state index in [9.17, 15) is 4.79 Å². The molecule has 3 rings (SSSR count). The van der Waals surface area contributed by atoms with Crippen molar-refractivity contribution < 1.29 is 4.79 Å². The molecule has 6 heteroatoms. The first-order chi connectivity index (χ1) is 11.8. The Bertz CT molecular complexity index is 745. The number of rotatable bonds is 4. The number of para-hydroxylation sites is 1. The van der Waals surface area contributed by atoms with Crippen LogP contribution in [0.4, 0.5) is 11.5 Å². The van der Waals surface area contributed by atoms with Gasteiger partial charge in [0, 0.05) is 6.04 Å².